The van der Waals surface area contributed by atoms with Crippen molar-refractivity contribution in [2.75, 3.05) is 6.61 Å². The van der Waals surface area contributed by atoms with E-state index in [2.05, 4.69) is 12.2 Å². The highest BCUT2D eigenvalue weighted by molar-refractivity contribution is 6.35. The van der Waals surface area contributed by atoms with Gasteiger partial charge in [0, 0.05) is 27.7 Å². The Morgan fingerprint density at radius 2 is 2.05 bits per heavy atom. The molecule has 2 rings (SSSR count). The molecular formula is C15H21Cl2NO. The van der Waals surface area contributed by atoms with Gasteiger partial charge in [0.2, 0.25) is 0 Å². The maximum Gasteiger partial charge on any atom is 0.0613 e. The molecule has 0 heterocycles. The highest BCUT2D eigenvalue weighted by Crippen LogP contribution is 2.33. The summed E-state index contributed by atoms with van der Waals surface area (Å²) in [6.07, 6.45) is 4.42. The Labute approximate surface area is 125 Å². The quantitative estimate of drug-likeness (QED) is 0.880. The minimum atomic E-state index is -0.180. The highest BCUT2D eigenvalue weighted by atomic mass is 35.5. The van der Waals surface area contributed by atoms with Crippen LogP contribution in [0.25, 0.3) is 0 Å². The highest BCUT2D eigenvalue weighted by Gasteiger charge is 2.34. The van der Waals surface area contributed by atoms with E-state index in [-0.39, 0.29) is 12.1 Å². The van der Waals surface area contributed by atoms with E-state index in [0.717, 1.165) is 24.8 Å². The van der Waals surface area contributed by atoms with Crippen LogP contribution in [0.5, 0.6) is 0 Å². The molecule has 1 fully saturated rings. The third-order valence-corrected chi connectivity index (χ3v) is 4.80. The summed E-state index contributed by atoms with van der Waals surface area (Å²) in [4.78, 5) is 0. The smallest absolute Gasteiger partial charge is 0.0613 e. The van der Waals surface area contributed by atoms with Crippen molar-refractivity contribution in [3.63, 3.8) is 0 Å². The summed E-state index contributed by atoms with van der Waals surface area (Å²) in [5, 5.41) is 14.6. The third kappa shape index (κ3) is 3.63. The van der Waals surface area contributed by atoms with Gasteiger partial charge < -0.3 is 10.4 Å². The molecule has 1 aromatic rings. The summed E-state index contributed by atoms with van der Waals surface area (Å²) >= 11 is 12.4. The fourth-order valence-corrected chi connectivity index (χ4v) is 3.53. The van der Waals surface area contributed by atoms with Gasteiger partial charge in [0.05, 0.1) is 6.61 Å². The van der Waals surface area contributed by atoms with Crippen LogP contribution in [0.4, 0.5) is 0 Å². The maximum atomic E-state index is 9.75. The van der Waals surface area contributed by atoms with Gasteiger partial charge in [0.1, 0.15) is 0 Å². The molecule has 0 aromatic heterocycles. The van der Waals surface area contributed by atoms with Gasteiger partial charge >= 0.3 is 0 Å². The lowest BCUT2D eigenvalue weighted by Crippen LogP contribution is -2.51. The van der Waals surface area contributed by atoms with Crippen LogP contribution in [0, 0.1) is 5.92 Å². The number of hydrogen-bond acceptors (Lipinski definition) is 2. The first kappa shape index (κ1) is 15.1. The molecule has 19 heavy (non-hydrogen) atoms. The Morgan fingerprint density at radius 1 is 1.37 bits per heavy atom. The number of aliphatic hydroxyl groups is 1. The van der Waals surface area contributed by atoms with E-state index < -0.39 is 0 Å². The van der Waals surface area contributed by atoms with Crippen LogP contribution in [0.1, 0.15) is 38.2 Å². The van der Waals surface area contributed by atoms with Gasteiger partial charge in [-0.2, -0.15) is 0 Å². The zero-order valence-corrected chi connectivity index (χ0v) is 12.8. The zero-order valence-electron chi connectivity index (χ0n) is 11.3. The summed E-state index contributed by atoms with van der Waals surface area (Å²) in [5.41, 5.74) is 0.733. The second-order valence-electron chi connectivity index (χ2n) is 5.69. The molecule has 0 radical (unpaired) electrons. The summed E-state index contributed by atoms with van der Waals surface area (Å²) in [6.45, 7) is 3.01. The molecule has 2 atom stereocenters. The minimum absolute atomic E-state index is 0.166. The van der Waals surface area contributed by atoms with E-state index in [1.165, 1.54) is 6.42 Å². The van der Waals surface area contributed by atoms with Crippen molar-refractivity contribution < 1.29 is 5.11 Å². The monoisotopic (exact) mass is 301 g/mol. The van der Waals surface area contributed by atoms with Crippen LogP contribution in [0.2, 0.25) is 10.0 Å². The van der Waals surface area contributed by atoms with Gasteiger partial charge in [-0.05, 0) is 30.9 Å². The SMILES string of the molecule is CC1CCCC(CO)(NCc2c(Cl)cccc2Cl)C1. The lowest BCUT2D eigenvalue weighted by Gasteiger charge is -2.39. The van der Waals surface area contributed by atoms with E-state index in [1.54, 1.807) is 0 Å². The van der Waals surface area contributed by atoms with Crippen molar-refractivity contribution in [2.45, 2.75) is 44.7 Å². The average molecular weight is 302 g/mol. The summed E-state index contributed by atoms with van der Waals surface area (Å²) < 4.78 is 0. The molecule has 0 saturated heterocycles. The van der Waals surface area contributed by atoms with Crippen molar-refractivity contribution in [1.29, 1.82) is 0 Å². The van der Waals surface area contributed by atoms with Crippen molar-refractivity contribution >= 4 is 23.2 Å². The van der Waals surface area contributed by atoms with E-state index in [1.807, 2.05) is 18.2 Å². The molecule has 2 N–H and O–H groups in total. The topological polar surface area (TPSA) is 32.3 Å². The van der Waals surface area contributed by atoms with Crippen molar-refractivity contribution in [3.05, 3.63) is 33.8 Å². The maximum absolute atomic E-state index is 9.75. The average Bonchev–Trinajstić information content (AvgIpc) is 2.38. The molecular weight excluding hydrogens is 281 g/mol. The summed E-state index contributed by atoms with van der Waals surface area (Å²) in [7, 11) is 0. The second-order valence-corrected chi connectivity index (χ2v) is 6.51. The summed E-state index contributed by atoms with van der Waals surface area (Å²) in [6, 6.07) is 5.54. The molecule has 0 spiro atoms. The van der Waals surface area contributed by atoms with Crippen LogP contribution in [0.3, 0.4) is 0 Å². The van der Waals surface area contributed by atoms with E-state index in [9.17, 15) is 5.11 Å². The molecule has 1 saturated carbocycles. The molecule has 0 amide bonds. The standard InChI is InChI=1S/C15H21Cl2NO/c1-11-4-3-7-15(8-11,10-19)18-9-12-13(16)5-2-6-14(12)17/h2,5-6,11,18-19H,3-4,7-10H2,1H3. The van der Waals surface area contributed by atoms with E-state index in [0.29, 0.717) is 22.5 Å². The van der Waals surface area contributed by atoms with Crippen LogP contribution in [-0.2, 0) is 6.54 Å². The fraction of sp³-hybridized carbons (Fsp3) is 0.600. The lowest BCUT2D eigenvalue weighted by atomic mass is 9.77. The Bertz CT molecular complexity index is 418. The largest absolute Gasteiger partial charge is 0.394 e. The van der Waals surface area contributed by atoms with Crippen LogP contribution < -0.4 is 5.32 Å². The zero-order chi connectivity index (χ0) is 13.9. The number of hydrogen-bond donors (Lipinski definition) is 2. The van der Waals surface area contributed by atoms with Gasteiger partial charge in [-0.3, -0.25) is 0 Å². The predicted molar refractivity (Wildman–Crippen MR) is 80.8 cm³/mol. The molecule has 0 bridgehead atoms. The lowest BCUT2D eigenvalue weighted by molar-refractivity contribution is 0.0982. The van der Waals surface area contributed by atoms with E-state index >= 15 is 0 Å². The first-order chi connectivity index (χ1) is 9.06. The Morgan fingerprint density at radius 3 is 2.63 bits per heavy atom. The van der Waals surface area contributed by atoms with Crippen LogP contribution >= 0.6 is 23.2 Å². The molecule has 2 nitrogen and oxygen atoms in total. The Kier molecular flexibility index (Phi) is 5.13. The Balaban J connectivity index is 2.07. The number of halogens is 2. The van der Waals surface area contributed by atoms with Crippen molar-refractivity contribution in [1.82, 2.24) is 5.32 Å². The van der Waals surface area contributed by atoms with Crippen molar-refractivity contribution in [2.24, 2.45) is 5.92 Å². The fourth-order valence-electron chi connectivity index (χ4n) is 3.00. The first-order valence-electron chi connectivity index (χ1n) is 6.85. The van der Waals surface area contributed by atoms with Gasteiger partial charge in [0.15, 0.2) is 0 Å². The molecule has 1 aromatic carbocycles. The molecule has 4 heteroatoms. The number of benzene rings is 1. The molecule has 1 aliphatic rings. The molecule has 0 aliphatic heterocycles. The van der Waals surface area contributed by atoms with Gasteiger partial charge in [-0.25, -0.2) is 0 Å². The van der Waals surface area contributed by atoms with Crippen LogP contribution in [0.15, 0.2) is 18.2 Å². The first-order valence-corrected chi connectivity index (χ1v) is 7.61. The van der Waals surface area contributed by atoms with E-state index in [4.69, 9.17) is 23.2 Å². The Hall–Kier alpha value is -0.280. The molecule has 1 aliphatic carbocycles. The van der Waals surface area contributed by atoms with Gasteiger partial charge in [0.25, 0.3) is 0 Å². The summed E-state index contributed by atoms with van der Waals surface area (Å²) in [5.74, 6) is 0.648. The number of nitrogens with one attached hydrogen (secondary N) is 1. The van der Waals surface area contributed by atoms with Crippen molar-refractivity contribution in [3.8, 4) is 0 Å². The molecule has 106 valence electrons. The number of aliphatic hydroxyl groups excluding tert-OH is 1. The van der Waals surface area contributed by atoms with Gasteiger partial charge in [-0.15, -0.1) is 0 Å². The van der Waals surface area contributed by atoms with Crippen LogP contribution in [-0.4, -0.2) is 17.3 Å². The third-order valence-electron chi connectivity index (χ3n) is 4.10. The molecule has 2 unspecified atom stereocenters. The number of rotatable bonds is 4. The van der Waals surface area contributed by atoms with Gasteiger partial charge in [-0.1, -0.05) is 49.0 Å². The second kappa shape index (κ2) is 6.45. The predicted octanol–water partition coefficient (Wildman–Crippen LogP) is 4.02. The normalized spacial score (nSPS) is 27.5. The minimum Gasteiger partial charge on any atom is -0.394 e.